The maximum atomic E-state index is 11.7. The number of aromatic hydroxyl groups is 1. The van der Waals surface area contributed by atoms with Crippen molar-refractivity contribution in [3.8, 4) is 11.5 Å². The highest BCUT2D eigenvalue weighted by atomic mass is 16.5. The number of phenolic OH excluding ortho intramolecular Hbond substituents is 1. The van der Waals surface area contributed by atoms with Crippen LogP contribution in [0.3, 0.4) is 0 Å². The summed E-state index contributed by atoms with van der Waals surface area (Å²) in [6.45, 7) is 0.123. The van der Waals surface area contributed by atoms with Crippen molar-refractivity contribution in [2.75, 3.05) is 20.3 Å². The van der Waals surface area contributed by atoms with Crippen LogP contribution in [0.25, 0.3) is 6.08 Å². The molecule has 1 aliphatic rings. The van der Waals surface area contributed by atoms with E-state index < -0.39 is 0 Å². The molecule has 20 heavy (non-hydrogen) atoms. The Balaban J connectivity index is 2.21. The molecule has 1 aromatic rings. The zero-order valence-corrected chi connectivity index (χ0v) is 10.9. The summed E-state index contributed by atoms with van der Waals surface area (Å²) in [7, 11) is 1.45. The van der Waals surface area contributed by atoms with Crippen LogP contribution in [0.4, 0.5) is 0 Å². The van der Waals surface area contributed by atoms with Crippen molar-refractivity contribution in [2.45, 2.75) is 0 Å². The Kier molecular flexibility index (Phi) is 4.21. The maximum absolute atomic E-state index is 11.7. The van der Waals surface area contributed by atoms with Crippen LogP contribution in [0.1, 0.15) is 5.56 Å². The molecular formula is C13H15N3O4. The molecule has 4 N–H and O–H groups in total. The Morgan fingerprint density at radius 3 is 2.90 bits per heavy atom. The summed E-state index contributed by atoms with van der Waals surface area (Å²) in [5.41, 5.74) is 1.02. The zero-order valence-electron chi connectivity index (χ0n) is 10.9. The predicted octanol–water partition coefficient (Wildman–Crippen LogP) is -0.191. The van der Waals surface area contributed by atoms with Crippen molar-refractivity contribution in [1.29, 1.82) is 0 Å². The number of aliphatic hydroxyl groups excluding tert-OH is 1. The van der Waals surface area contributed by atoms with Crippen LogP contribution in [0, 0.1) is 0 Å². The first-order chi connectivity index (χ1) is 9.63. The molecule has 0 bridgehead atoms. The molecular weight excluding hydrogens is 262 g/mol. The molecule has 7 nitrogen and oxygen atoms in total. The van der Waals surface area contributed by atoms with E-state index in [1.165, 1.54) is 13.2 Å². The molecule has 1 amide bonds. The first-order valence-corrected chi connectivity index (χ1v) is 5.96. The number of aliphatic hydroxyl groups is 1. The van der Waals surface area contributed by atoms with E-state index in [2.05, 4.69) is 15.6 Å². The van der Waals surface area contributed by atoms with Crippen LogP contribution in [-0.2, 0) is 4.79 Å². The van der Waals surface area contributed by atoms with Crippen molar-refractivity contribution in [3.05, 3.63) is 29.5 Å². The first-order valence-electron chi connectivity index (χ1n) is 5.96. The second-order valence-corrected chi connectivity index (χ2v) is 4.02. The minimum Gasteiger partial charge on any atom is -0.504 e. The normalized spacial score (nSPS) is 18.2. The van der Waals surface area contributed by atoms with E-state index in [1.54, 1.807) is 18.2 Å². The van der Waals surface area contributed by atoms with Crippen molar-refractivity contribution >= 4 is 17.9 Å². The standard InChI is InChI=1S/C13H15N3O4/c1-20-11-7-8(2-3-10(11)18)6-9-12(19)16-13(15-9)14-4-5-17/h2-3,6-7,17-18H,4-5H2,1H3,(H2,14,15,16,19)/b9-6-. The molecule has 1 heterocycles. The summed E-state index contributed by atoms with van der Waals surface area (Å²) < 4.78 is 5.00. The molecule has 0 atom stereocenters. The monoisotopic (exact) mass is 277 g/mol. The SMILES string of the molecule is COc1cc(/C=C2\NC(=NCCO)NC2=O)ccc1O. The van der Waals surface area contributed by atoms with E-state index in [-0.39, 0.29) is 24.8 Å². The van der Waals surface area contributed by atoms with Gasteiger partial charge in [0.25, 0.3) is 5.91 Å². The van der Waals surface area contributed by atoms with Gasteiger partial charge in [-0.15, -0.1) is 0 Å². The third-order valence-electron chi connectivity index (χ3n) is 2.61. The van der Waals surface area contributed by atoms with Crippen molar-refractivity contribution < 1.29 is 19.7 Å². The van der Waals surface area contributed by atoms with Gasteiger partial charge in [-0.05, 0) is 23.8 Å². The molecule has 1 saturated heterocycles. The maximum Gasteiger partial charge on any atom is 0.274 e. The average molecular weight is 277 g/mol. The van der Waals surface area contributed by atoms with E-state index in [0.717, 1.165) is 0 Å². The van der Waals surface area contributed by atoms with E-state index in [0.29, 0.717) is 23.0 Å². The molecule has 7 heteroatoms. The number of carbonyl (C=O) groups excluding carboxylic acids is 1. The van der Waals surface area contributed by atoms with Crippen molar-refractivity contribution in [3.63, 3.8) is 0 Å². The van der Waals surface area contributed by atoms with Gasteiger partial charge < -0.3 is 20.3 Å². The summed E-state index contributed by atoms with van der Waals surface area (Å²) >= 11 is 0. The number of hydrogen-bond donors (Lipinski definition) is 4. The minimum atomic E-state index is -0.311. The largest absolute Gasteiger partial charge is 0.504 e. The highest BCUT2D eigenvalue weighted by Crippen LogP contribution is 2.27. The summed E-state index contributed by atoms with van der Waals surface area (Å²) in [6.07, 6.45) is 1.61. The number of phenols is 1. The van der Waals surface area contributed by atoms with Crippen LogP contribution >= 0.6 is 0 Å². The lowest BCUT2D eigenvalue weighted by molar-refractivity contribution is -0.115. The van der Waals surface area contributed by atoms with Gasteiger partial charge in [-0.3, -0.25) is 15.1 Å². The molecule has 0 aliphatic carbocycles. The second-order valence-electron chi connectivity index (χ2n) is 4.02. The molecule has 0 saturated carbocycles. The fraction of sp³-hybridized carbons (Fsp3) is 0.231. The van der Waals surface area contributed by atoms with Gasteiger partial charge in [-0.1, -0.05) is 6.07 Å². The number of guanidine groups is 1. The predicted molar refractivity (Wildman–Crippen MR) is 73.3 cm³/mol. The summed E-state index contributed by atoms with van der Waals surface area (Å²) in [5.74, 6) is 0.352. The summed E-state index contributed by atoms with van der Waals surface area (Å²) in [5, 5.41) is 23.5. The summed E-state index contributed by atoms with van der Waals surface area (Å²) in [4.78, 5) is 15.7. The number of ether oxygens (including phenoxy) is 1. The fourth-order valence-corrected chi connectivity index (χ4v) is 1.68. The number of nitrogens with one attached hydrogen (secondary N) is 2. The topological polar surface area (TPSA) is 103 Å². The smallest absolute Gasteiger partial charge is 0.274 e. The van der Waals surface area contributed by atoms with Gasteiger partial charge in [0.15, 0.2) is 11.5 Å². The second kappa shape index (κ2) is 6.07. The number of amides is 1. The Morgan fingerprint density at radius 2 is 2.20 bits per heavy atom. The van der Waals surface area contributed by atoms with Crippen LogP contribution in [0.2, 0.25) is 0 Å². The number of benzene rings is 1. The summed E-state index contributed by atoms with van der Waals surface area (Å²) in [6, 6.07) is 4.75. The molecule has 2 rings (SSSR count). The Bertz CT molecular complexity index is 581. The van der Waals surface area contributed by atoms with Crippen LogP contribution < -0.4 is 15.4 Å². The van der Waals surface area contributed by atoms with Gasteiger partial charge in [0.05, 0.1) is 20.3 Å². The van der Waals surface area contributed by atoms with Crippen LogP contribution in [0.5, 0.6) is 11.5 Å². The number of aliphatic imine (C=N–C) groups is 1. The third kappa shape index (κ3) is 3.07. The molecule has 106 valence electrons. The molecule has 1 aromatic carbocycles. The van der Waals surface area contributed by atoms with E-state index >= 15 is 0 Å². The Labute approximate surface area is 115 Å². The van der Waals surface area contributed by atoms with Crippen molar-refractivity contribution in [1.82, 2.24) is 10.6 Å². The third-order valence-corrected chi connectivity index (χ3v) is 2.61. The first kappa shape index (κ1) is 13.9. The lowest BCUT2D eigenvalue weighted by Gasteiger charge is -2.04. The fourth-order valence-electron chi connectivity index (χ4n) is 1.68. The van der Waals surface area contributed by atoms with Crippen LogP contribution in [-0.4, -0.2) is 42.3 Å². The number of hydrogen-bond acceptors (Lipinski definition) is 5. The zero-order chi connectivity index (χ0) is 14.5. The molecule has 1 fully saturated rings. The van der Waals surface area contributed by atoms with Crippen molar-refractivity contribution in [2.24, 2.45) is 4.99 Å². The van der Waals surface area contributed by atoms with Gasteiger partial charge in [0.2, 0.25) is 5.96 Å². The molecule has 1 aliphatic heterocycles. The lowest BCUT2D eigenvalue weighted by Crippen LogP contribution is -2.25. The van der Waals surface area contributed by atoms with Gasteiger partial charge in [-0.2, -0.15) is 0 Å². The Morgan fingerprint density at radius 1 is 1.40 bits per heavy atom. The number of nitrogens with zero attached hydrogens (tertiary/aromatic N) is 1. The molecule has 0 aromatic heterocycles. The lowest BCUT2D eigenvalue weighted by atomic mass is 10.1. The molecule has 0 unspecified atom stereocenters. The van der Waals surface area contributed by atoms with Gasteiger partial charge in [0.1, 0.15) is 5.70 Å². The average Bonchev–Trinajstić information content (AvgIpc) is 2.79. The highest BCUT2D eigenvalue weighted by Gasteiger charge is 2.21. The van der Waals surface area contributed by atoms with E-state index in [1.807, 2.05) is 0 Å². The minimum absolute atomic E-state index is 0.0312. The van der Waals surface area contributed by atoms with E-state index in [9.17, 15) is 9.90 Å². The van der Waals surface area contributed by atoms with E-state index in [4.69, 9.17) is 9.84 Å². The number of carbonyl (C=O) groups is 1. The Hall–Kier alpha value is -2.54. The highest BCUT2D eigenvalue weighted by molar-refractivity contribution is 6.15. The molecule has 0 radical (unpaired) electrons. The quantitative estimate of drug-likeness (QED) is 0.571. The van der Waals surface area contributed by atoms with Crippen LogP contribution in [0.15, 0.2) is 28.9 Å². The number of methoxy groups -OCH3 is 1. The van der Waals surface area contributed by atoms with Gasteiger partial charge >= 0.3 is 0 Å². The van der Waals surface area contributed by atoms with Gasteiger partial charge in [0, 0.05) is 0 Å². The number of rotatable bonds is 4. The molecule has 0 spiro atoms. The van der Waals surface area contributed by atoms with Gasteiger partial charge in [-0.25, -0.2) is 0 Å².